The number of rotatable bonds is 5. The molecule has 19 heavy (non-hydrogen) atoms. The zero-order valence-corrected chi connectivity index (χ0v) is 12.7. The van der Waals surface area contributed by atoms with Crippen molar-refractivity contribution in [2.75, 3.05) is 18.0 Å². The summed E-state index contributed by atoms with van der Waals surface area (Å²) < 4.78 is 0. The maximum absolute atomic E-state index is 5.99. The van der Waals surface area contributed by atoms with Crippen molar-refractivity contribution in [2.24, 2.45) is 11.7 Å². The largest absolute Gasteiger partial charge is 0.371 e. The molecule has 1 aromatic carbocycles. The molecule has 1 unspecified atom stereocenters. The fraction of sp³-hybridized carbons (Fsp3) is 0.647. The molecule has 0 aromatic heterocycles. The van der Waals surface area contributed by atoms with E-state index in [2.05, 4.69) is 43.9 Å². The summed E-state index contributed by atoms with van der Waals surface area (Å²) in [5.74, 6) is 0.819. The van der Waals surface area contributed by atoms with E-state index < -0.39 is 0 Å². The summed E-state index contributed by atoms with van der Waals surface area (Å²) in [5.41, 5.74) is 10.2. The minimum atomic E-state index is 0.139. The molecule has 0 fully saturated rings. The summed E-state index contributed by atoms with van der Waals surface area (Å²) in [6.07, 6.45) is 5.03. The summed E-state index contributed by atoms with van der Waals surface area (Å²) in [6.45, 7) is 9.08. The maximum atomic E-state index is 5.99. The van der Waals surface area contributed by atoms with Gasteiger partial charge in [-0.1, -0.05) is 38.8 Å². The second-order valence-corrected chi connectivity index (χ2v) is 5.91. The van der Waals surface area contributed by atoms with E-state index in [9.17, 15) is 0 Å². The summed E-state index contributed by atoms with van der Waals surface area (Å²) in [7, 11) is 0. The van der Waals surface area contributed by atoms with Crippen LogP contribution in [0.2, 0.25) is 0 Å². The van der Waals surface area contributed by atoms with Crippen molar-refractivity contribution in [2.45, 2.75) is 52.5 Å². The summed E-state index contributed by atoms with van der Waals surface area (Å²) in [4.78, 5) is 2.58. The Hall–Kier alpha value is -1.02. The van der Waals surface area contributed by atoms with Crippen molar-refractivity contribution in [1.29, 1.82) is 0 Å². The minimum absolute atomic E-state index is 0.139. The number of nitrogens with two attached hydrogens (primary N) is 1. The Balaban J connectivity index is 2.19. The molecule has 0 saturated carbocycles. The van der Waals surface area contributed by atoms with E-state index in [1.807, 2.05) is 0 Å². The lowest BCUT2D eigenvalue weighted by Crippen LogP contribution is -2.33. The van der Waals surface area contributed by atoms with E-state index in [4.69, 9.17) is 5.73 Å². The van der Waals surface area contributed by atoms with Crippen LogP contribution in [0.5, 0.6) is 0 Å². The second-order valence-electron chi connectivity index (χ2n) is 5.91. The molecule has 0 aliphatic carbocycles. The number of benzene rings is 1. The molecule has 1 aromatic rings. The molecule has 0 bridgehead atoms. The lowest BCUT2D eigenvalue weighted by molar-refractivity contribution is 0.475. The maximum Gasteiger partial charge on any atom is 0.0399 e. The van der Waals surface area contributed by atoms with Gasteiger partial charge in [0.1, 0.15) is 0 Å². The van der Waals surface area contributed by atoms with Gasteiger partial charge in [0.2, 0.25) is 0 Å². The molecular weight excluding hydrogens is 232 g/mol. The highest BCUT2D eigenvalue weighted by Crippen LogP contribution is 2.30. The van der Waals surface area contributed by atoms with Crippen LogP contribution >= 0.6 is 0 Å². The van der Waals surface area contributed by atoms with Gasteiger partial charge in [-0.2, -0.15) is 0 Å². The Morgan fingerprint density at radius 1 is 1.26 bits per heavy atom. The Morgan fingerprint density at radius 3 is 2.63 bits per heavy atom. The van der Waals surface area contributed by atoms with Crippen LogP contribution in [0.15, 0.2) is 18.2 Å². The van der Waals surface area contributed by atoms with Crippen molar-refractivity contribution < 1.29 is 0 Å². The smallest absolute Gasteiger partial charge is 0.0399 e. The van der Waals surface area contributed by atoms with Gasteiger partial charge >= 0.3 is 0 Å². The standard InChI is InChI=1S/C17H28N2/c1-4-14(5-2)12-19-10-6-7-16-11-15(13(3)18)8-9-17(16)19/h8-9,11,13-14H,4-7,10,12,18H2,1-3H3. The number of hydrogen-bond acceptors (Lipinski definition) is 2. The van der Waals surface area contributed by atoms with Gasteiger partial charge in [0.05, 0.1) is 0 Å². The van der Waals surface area contributed by atoms with Crippen molar-refractivity contribution in [3.63, 3.8) is 0 Å². The summed E-state index contributed by atoms with van der Waals surface area (Å²) in [5, 5.41) is 0. The molecule has 1 atom stereocenters. The molecule has 2 N–H and O–H groups in total. The molecular formula is C17H28N2. The van der Waals surface area contributed by atoms with Gasteiger partial charge in [0.25, 0.3) is 0 Å². The number of nitrogens with zero attached hydrogens (tertiary/aromatic N) is 1. The number of anilines is 1. The summed E-state index contributed by atoms with van der Waals surface area (Å²) in [6, 6.07) is 6.95. The van der Waals surface area contributed by atoms with Crippen LogP contribution < -0.4 is 10.6 Å². The monoisotopic (exact) mass is 260 g/mol. The molecule has 1 aliphatic heterocycles. The van der Waals surface area contributed by atoms with Gasteiger partial charge in [-0.25, -0.2) is 0 Å². The van der Waals surface area contributed by atoms with Gasteiger partial charge in [0.15, 0.2) is 0 Å². The average Bonchev–Trinajstić information content (AvgIpc) is 2.44. The Bertz CT molecular complexity index is 408. The van der Waals surface area contributed by atoms with E-state index in [1.165, 1.54) is 55.6 Å². The SMILES string of the molecule is CCC(CC)CN1CCCc2cc(C(C)N)ccc21. The lowest BCUT2D eigenvalue weighted by atomic mass is 9.95. The zero-order valence-electron chi connectivity index (χ0n) is 12.7. The van der Waals surface area contributed by atoms with Gasteiger partial charge in [-0.05, 0) is 42.9 Å². The van der Waals surface area contributed by atoms with Crippen LogP contribution in [-0.4, -0.2) is 13.1 Å². The predicted molar refractivity (Wildman–Crippen MR) is 83.7 cm³/mol. The number of fused-ring (bicyclic) bond motifs is 1. The molecule has 1 aliphatic rings. The fourth-order valence-electron chi connectivity index (χ4n) is 3.03. The first-order chi connectivity index (χ1) is 9.15. The van der Waals surface area contributed by atoms with Crippen LogP contribution in [0.1, 0.15) is 57.2 Å². The highest BCUT2D eigenvalue weighted by atomic mass is 15.1. The molecule has 0 saturated heterocycles. The lowest BCUT2D eigenvalue weighted by Gasteiger charge is -2.34. The highest BCUT2D eigenvalue weighted by molar-refractivity contribution is 5.57. The molecule has 2 nitrogen and oxygen atoms in total. The summed E-state index contributed by atoms with van der Waals surface area (Å²) >= 11 is 0. The van der Waals surface area contributed by atoms with Crippen molar-refractivity contribution in [1.82, 2.24) is 0 Å². The van der Waals surface area contributed by atoms with Crippen LogP contribution in [0.25, 0.3) is 0 Å². The number of hydrogen-bond donors (Lipinski definition) is 1. The van der Waals surface area contributed by atoms with Crippen molar-refractivity contribution in [3.05, 3.63) is 29.3 Å². The minimum Gasteiger partial charge on any atom is -0.371 e. The van der Waals surface area contributed by atoms with Crippen LogP contribution in [0.4, 0.5) is 5.69 Å². The Kier molecular flexibility index (Phi) is 4.87. The molecule has 1 heterocycles. The first kappa shape index (κ1) is 14.4. The predicted octanol–water partition coefficient (Wildman–Crippen LogP) is 3.90. The topological polar surface area (TPSA) is 29.3 Å². The van der Waals surface area contributed by atoms with Gasteiger partial charge < -0.3 is 10.6 Å². The first-order valence-electron chi connectivity index (χ1n) is 7.79. The van der Waals surface area contributed by atoms with Gasteiger partial charge in [-0.3, -0.25) is 0 Å². The highest BCUT2D eigenvalue weighted by Gasteiger charge is 2.19. The number of aryl methyl sites for hydroxylation is 1. The fourth-order valence-corrected chi connectivity index (χ4v) is 3.03. The third-order valence-corrected chi connectivity index (χ3v) is 4.48. The quantitative estimate of drug-likeness (QED) is 0.870. The average molecular weight is 260 g/mol. The van der Waals surface area contributed by atoms with Gasteiger partial charge in [-0.15, -0.1) is 0 Å². The zero-order chi connectivity index (χ0) is 13.8. The van der Waals surface area contributed by atoms with Gasteiger partial charge in [0, 0.05) is 24.8 Å². The van der Waals surface area contributed by atoms with Crippen LogP contribution in [0, 0.1) is 5.92 Å². The normalized spacial score (nSPS) is 16.6. The Morgan fingerprint density at radius 2 is 2.00 bits per heavy atom. The van der Waals surface area contributed by atoms with Crippen molar-refractivity contribution in [3.8, 4) is 0 Å². The van der Waals surface area contributed by atoms with Crippen LogP contribution in [-0.2, 0) is 6.42 Å². The molecule has 106 valence electrons. The molecule has 2 heteroatoms. The van der Waals surface area contributed by atoms with E-state index in [-0.39, 0.29) is 6.04 Å². The van der Waals surface area contributed by atoms with Crippen LogP contribution in [0.3, 0.4) is 0 Å². The second kappa shape index (κ2) is 6.42. The van der Waals surface area contributed by atoms with E-state index in [0.717, 1.165) is 5.92 Å². The molecule has 0 radical (unpaired) electrons. The van der Waals surface area contributed by atoms with E-state index in [1.54, 1.807) is 0 Å². The molecule has 2 rings (SSSR count). The van der Waals surface area contributed by atoms with Crippen molar-refractivity contribution >= 4 is 5.69 Å². The third kappa shape index (κ3) is 3.30. The molecule has 0 amide bonds. The van der Waals surface area contributed by atoms with E-state index >= 15 is 0 Å². The first-order valence-corrected chi connectivity index (χ1v) is 7.79. The molecule has 0 spiro atoms. The van der Waals surface area contributed by atoms with E-state index in [0.29, 0.717) is 0 Å². The third-order valence-electron chi connectivity index (χ3n) is 4.48. The Labute approximate surface area is 118 Å².